The van der Waals surface area contributed by atoms with Crippen molar-refractivity contribution in [1.29, 1.82) is 5.26 Å². The van der Waals surface area contributed by atoms with Crippen LogP contribution in [0.1, 0.15) is 23.2 Å². The first-order valence-corrected chi connectivity index (χ1v) is 8.15. The zero-order chi connectivity index (χ0) is 17.6. The van der Waals surface area contributed by atoms with E-state index in [-0.39, 0.29) is 12.3 Å². The lowest BCUT2D eigenvalue weighted by molar-refractivity contribution is -0.115. The van der Waals surface area contributed by atoms with Gasteiger partial charge in [0.25, 0.3) is 0 Å². The highest BCUT2D eigenvalue weighted by molar-refractivity contribution is 5.91. The highest BCUT2D eigenvalue weighted by Crippen LogP contribution is 2.19. The largest absolute Gasteiger partial charge is 0.310 e. The summed E-state index contributed by atoms with van der Waals surface area (Å²) in [6.07, 6.45) is 8.81. The molecular weight excluding hydrogens is 314 g/mol. The molecule has 0 aromatic carbocycles. The number of amides is 1. The van der Waals surface area contributed by atoms with Crippen LogP contribution >= 0.6 is 0 Å². The van der Waals surface area contributed by atoms with Gasteiger partial charge in [0.2, 0.25) is 5.91 Å². The highest BCUT2D eigenvalue weighted by atomic mass is 16.1. The molecule has 0 atom stereocenters. The van der Waals surface area contributed by atoms with Crippen LogP contribution in [0.2, 0.25) is 0 Å². The van der Waals surface area contributed by atoms with Crippen LogP contribution in [0.15, 0.2) is 42.7 Å². The molecule has 6 nitrogen and oxygen atoms in total. The van der Waals surface area contributed by atoms with E-state index in [9.17, 15) is 4.79 Å². The second-order valence-corrected chi connectivity index (χ2v) is 6.04. The number of nitrogens with zero attached hydrogens (tertiary/aromatic N) is 4. The van der Waals surface area contributed by atoms with E-state index in [0.717, 1.165) is 35.4 Å². The minimum atomic E-state index is -0.126. The number of nitrogens with one attached hydrogen (secondary N) is 1. The van der Waals surface area contributed by atoms with Crippen LogP contribution in [0.5, 0.6) is 0 Å². The average molecular weight is 333 g/mol. The topological polar surface area (TPSA) is 81.9 Å². The molecule has 2 aromatic rings. The molecule has 3 rings (SSSR count). The Hall–Kier alpha value is -3.20. The lowest BCUT2D eigenvalue weighted by Gasteiger charge is -2.21. The summed E-state index contributed by atoms with van der Waals surface area (Å²) in [6.45, 7) is 3.29. The third-order valence-electron chi connectivity index (χ3n) is 3.99. The number of nitriles is 1. The van der Waals surface area contributed by atoms with Crippen molar-refractivity contribution in [2.45, 2.75) is 19.8 Å². The van der Waals surface area contributed by atoms with Gasteiger partial charge in [0.05, 0.1) is 18.7 Å². The highest BCUT2D eigenvalue weighted by Gasteiger charge is 2.13. The van der Waals surface area contributed by atoms with Crippen molar-refractivity contribution in [3.05, 3.63) is 59.6 Å². The van der Waals surface area contributed by atoms with E-state index in [4.69, 9.17) is 5.26 Å². The normalized spacial score (nSPS) is 13.8. The first kappa shape index (κ1) is 16.7. The second kappa shape index (κ2) is 7.58. The molecule has 6 heteroatoms. The van der Waals surface area contributed by atoms with Gasteiger partial charge in [-0.1, -0.05) is 18.2 Å². The van der Waals surface area contributed by atoms with Gasteiger partial charge in [-0.15, -0.1) is 0 Å². The van der Waals surface area contributed by atoms with Gasteiger partial charge in [0.1, 0.15) is 5.82 Å². The molecule has 0 saturated carbocycles. The predicted molar refractivity (Wildman–Crippen MR) is 95.3 cm³/mol. The smallest absolute Gasteiger partial charge is 0.230 e. The first-order chi connectivity index (χ1) is 12.1. The maximum Gasteiger partial charge on any atom is 0.230 e. The number of anilines is 1. The summed E-state index contributed by atoms with van der Waals surface area (Å²) in [5.74, 6) is 0.419. The maximum absolute atomic E-state index is 12.1. The molecule has 0 fully saturated rings. The van der Waals surface area contributed by atoms with Gasteiger partial charge in [-0.3, -0.25) is 9.78 Å². The van der Waals surface area contributed by atoms with Crippen molar-refractivity contribution in [3.63, 3.8) is 0 Å². The summed E-state index contributed by atoms with van der Waals surface area (Å²) in [4.78, 5) is 22.4. The lowest BCUT2D eigenvalue weighted by atomic mass is 10.1. The Morgan fingerprint density at radius 3 is 2.84 bits per heavy atom. The predicted octanol–water partition coefficient (Wildman–Crippen LogP) is 2.54. The minimum absolute atomic E-state index is 0.126. The molecule has 126 valence electrons. The van der Waals surface area contributed by atoms with Gasteiger partial charge < -0.3 is 10.2 Å². The molecule has 3 heterocycles. The Morgan fingerprint density at radius 1 is 1.28 bits per heavy atom. The number of aromatic nitrogens is 2. The monoisotopic (exact) mass is 333 g/mol. The molecule has 1 amide bonds. The first-order valence-electron chi connectivity index (χ1n) is 8.15. The summed E-state index contributed by atoms with van der Waals surface area (Å²) >= 11 is 0. The minimum Gasteiger partial charge on any atom is -0.310 e. The van der Waals surface area contributed by atoms with Gasteiger partial charge in [0.15, 0.2) is 6.19 Å². The summed E-state index contributed by atoms with van der Waals surface area (Å²) in [5, 5.41) is 11.8. The van der Waals surface area contributed by atoms with Crippen LogP contribution in [-0.4, -0.2) is 33.9 Å². The van der Waals surface area contributed by atoms with Crippen LogP contribution in [0, 0.1) is 18.4 Å². The van der Waals surface area contributed by atoms with E-state index >= 15 is 0 Å². The number of pyridine rings is 2. The van der Waals surface area contributed by atoms with E-state index in [2.05, 4.69) is 27.6 Å². The molecule has 1 N–H and O–H groups in total. The van der Waals surface area contributed by atoms with Crippen molar-refractivity contribution in [2.24, 2.45) is 0 Å². The van der Waals surface area contributed by atoms with Gasteiger partial charge in [-0.05, 0) is 42.2 Å². The Kier molecular flexibility index (Phi) is 5.05. The van der Waals surface area contributed by atoms with Crippen molar-refractivity contribution >= 4 is 17.3 Å². The fourth-order valence-electron chi connectivity index (χ4n) is 2.65. The molecule has 25 heavy (non-hydrogen) atoms. The molecule has 0 bridgehead atoms. The van der Waals surface area contributed by atoms with Crippen LogP contribution in [0.4, 0.5) is 5.82 Å². The maximum atomic E-state index is 12.1. The molecule has 1 aliphatic rings. The fraction of sp³-hybridized carbons (Fsp3) is 0.263. The van der Waals surface area contributed by atoms with Gasteiger partial charge in [-0.25, -0.2) is 4.98 Å². The van der Waals surface area contributed by atoms with Crippen LogP contribution < -0.4 is 5.32 Å². The SMILES string of the molecule is Cc1ccc(NC(=O)Cc2ccc(C3=CCCN(C#N)C3)nc2)nc1. The Bertz CT molecular complexity index is 818. The Morgan fingerprint density at radius 2 is 2.16 bits per heavy atom. The Labute approximate surface area is 146 Å². The van der Waals surface area contributed by atoms with E-state index < -0.39 is 0 Å². The van der Waals surface area contributed by atoms with Crippen LogP contribution in [0.3, 0.4) is 0 Å². The van der Waals surface area contributed by atoms with Gasteiger partial charge in [0, 0.05) is 18.9 Å². The molecule has 1 aliphatic heterocycles. The molecule has 0 spiro atoms. The van der Waals surface area contributed by atoms with Crippen LogP contribution in [-0.2, 0) is 11.2 Å². The molecule has 0 aliphatic carbocycles. The zero-order valence-corrected chi connectivity index (χ0v) is 14.1. The zero-order valence-electron chi connectivity index (χ0n) is 14.1. The number of rotatable bonds is 4. The van der Waals surface area contributed by atoms with Crippen LogP contribution in [0.25, 0.3) is 5.57 Å². The van der Waals surface area contributed by atoms with Gasteiger partial charge in [-0.2, -0.15) is 5.26 Å². The fourth-order valence-corrected chi connectivity index (χ4v) is 2.65. The van der Waals surface area contributed by atoms with E-state index in [0.29, 0.717) is 12.4 Å². The quantitative estimate of drug-likeness (QED) is 0.870. The lowest BCUT2D eigenvalue weighted by Crippen LogP contribution is -2.24. The van der Waals surface area contributed by atoms with Gasteiger partial charge >= 0.3 is 0 Å². The number of carbonyl (C=O) groups is 1. The third kappa shape index (κ3) is 4.42. The molecule has 0 unspecified atom stereocenters. The van der Waals surface area contributed by atoms with E-state index in [1.807, 2.05) is 25.1 Å². The number of hydrogen-bond acceptors (Lipinski definition) is 5. The standard InChI is InChI=1S/C19H19N5O/c1-14-4-7-18(22-10-14)23-19(25)9-15-5-6-17(21-11-15)16-3-2-8-24(12-16)13-20/h3-7,10-11H,2,8-9,12H2,1H3,(H,22,23,25). The number of aryl methyl sites for hydroxylation is 1. The van der Waals surface area contributed by atoms with Crippen molar-refractivity contribution < 1.29 is 4.79 Å². The second-order valence-electron chi connectivity index (χ2n) is 6.04. The van der Waals surface area contributed by atoms with E-state index in [1.165, 1.54) is 0 Å². The summed E-state index contributed by atoms with van der Waals surface area (Å²) in [5.41, 5.74) is 3.78. The Balaban J connectivity index is 1.61. The number of hydrogen-bond donors (Lipinski definition) is 1. The van der Waals surface area contributed by atoms with Crippen molar-refractivity contribution in [1.82, 2.24) is 14.9 Å². The molecule has 2 aromatic heterocycles. The van der Waals surface area contributed by atoms with Crippen molar-refractivity contribution in [2.75, 3.05) is 18.4 Å². The third-order valence-corrected chi connectivity index (χ3v) is 3.99. The molecule has 0 radical (unpaired) electrons. The molecular formula is C19H19N5O. The number of carbonyl (C=O) groups excluding carboxylic acids is 1. The molecule has 0 saturated heterocycles. The average Bonchev–Trinajstić information content (AvgIpc) is 2.64. The van der Waals surface area contributed by atoms with Crippen molar-refractivity contribution in [3.8, 4) is 6.19 Å². The summed E-state index contributed by atoms with van der Waals surface area (Å²) in [7, 11) is 0. The van der Waals surface area contributed by atoms with E-state index in [1.54, 1.807) is 23.4 Å². The summed E-state index contributed by atoms with van der Waals surface area (Å²) in [6, 6.07) is 7.49. The summed E-state index contributed by atoms with van der Waals surface area (Å²) < 4.78 is 0.